The Bertz CT molecular complexity index is 543. The Morgan fingerprint density at radius 2 is 1.79 bits per heavy atom. The van der Waals surface area contributed by atoms with Crippen molar-refractivity contribution < 1.29 is 4.79 Å². The van der Waals surface area contributed by atoms with Crippen molar-refractivity contribution in [3.8, 4) is 0 Å². The van der Waals surface area contributed by atoms with Gasteiger partial charge in [0.05, 0.1) is 0 Å². The number of primary amides is 1. The zero-order valence-electron chi connectivity index (χ0n) is 18.4. The monoisotopic (exact) mass is 520 g/mol. The quantitative estimate of drug-likeness (QED) is 0.328. The number of likely N-dealkylation sites (tertiary alicyclic amines) is 3. The molecule has 3 aliphatic rings. The summed E-state index contributed by atoms with van der Waals surface area (Å²) in [4.78, 5) is 23.5. The third-order valence-electron chi connectivity index (χ3n) is 7.04. The average Bonchev–Trinajstić information content (AvgIpc) is 2.70. The summed E-state index contributed by atoms with van der Waals surface area (Å²) in [6, 6.07) is 0. The number of hydrogen-bond acceptors (Lipinski definition) is 4. The second-order valence-electron chi connectivity index (χ2n) is 9.10. The first-order valence-electron chi connectivity index (χ1n) is 11.2. The molecule has 0 bridgehead atoms. The molecule has 0 aromatic rings. The van der Waals surface area contributed by atoms with Crippen molar-refractivity contribution in [2.24, 2.45) is 16.6 Å². The number of amides is 1. The van der Waals surface area contributed by atoms with Crippen LogP contribution in [0.4, 0.5) is 0 Å². The Balaban J connectivity index is 0.00000300. The van der Waals surface area contributed by atoms with Crippen molar-refractivity contribution in [3.63, 3.8) is 0 Å². The predicted octanol–water partition coefficient (Wildman–Crippen LogP) is 1.72. The van der Waals surface area contributed by atoms with Crippen molar-refractivity contribution in [3.05, 3.63) is 0 Å². The van der Waals surface area contributed by atoms with Gasteiger partial charge in [0.25, 0.3) is 0 Å². The lowest BCUT2D eigenvalue weighted by Gasteiger charge is -2.50. The normalized spacial score (nSPS) is 26.6. The van der Waals surface area contributed by atoms with E-state index >= 15 is 0 Å². The van der Waals surface area contributed by atoms with Crippen LogP contribution in [0.2, 0.25) is 0 Å². The largest absolute Gasteiger partial charge is 0.370 e. The molecule has 3 rings (SSSR count). The van der Waals surface area contributed by atoms with Gasteiger partial charge in [-0.1, -0.05) is 6.42 Å². The Kier molecular flexibility index (Phi) is 9.94. The molecule has 0 spiro atoms. The molecule has 0 aromatic heterocycles. The first kappa shape index (κ1) is 24.7. The second-order valence-corrected chi connectivity index (χ2v) is 9.10. The van der Waals surface area contributed by atoms with E-state index in [0.29, 0.717) is 12.3 Å². The molecule has 7 nitrogen and oxygen atoms in total. The second kappa shape index (κ2) is 11.7. The van der Waals surface area contributed by atoms with Gasteiger partial charge in [-0.2, -0.15) is 0 Å². The van der Waals surface area contributed by atoms with E-state index in [4.69, 9.17) is 5.73 Å². The van der Waals surface area contributed by atoms with Crippen LogP contribution in [0, 0.1) is 5.92 Å². The van der Waals surface area contributed by atoms with Crippen LogP contribution < -0.4 is 11.1 Å². The predicted molar refractivity (Wildman–Crippen MR) is 130 cm³/mol. The number of hydrogen-bond donors (Lipinski definition) is 2. The van der Waals surface area contributed by atoms with E-state index in [1.165, 1.54) is 58.3 Å². The highest BCUT2D eigenvalue weighted by atomic mass is 127. The summed E-state index contributed by atoms with van der Waals surface area (Å²) in [7, 11) is 4.11. The minimum atomic E-state index is -0.190. The third kappa shape index (κ3) is 6.69. The van der Waals surface area contributed by atoms with Crippen LogP contribution >= 0.6 is 24.0 Å². The maximum atomic E-state index is 11.3. The van der Waals surface area contributed by atoms with Crippen LogP contribution in [-0.4, -0.2) is 92.0 Å². The number of piperidine rings is 3. The summed E-state index contributed by atoms with van der Waals surface area (Å²) in [6.07, 6.45) is 9.13. The van der Waals surface area contributed by atoms with Gasteiger partial charge in [-0.15, -0.1) is 24.0 Å². The van der Waals surface area contributed by atoms with E-state index in [2.05, 4.69) is 32.1 Å². The molecule has 0 aliphatic carbocycles. The van der Waals surface area contributed by atoms with Gasteiger partial charge in [-0.05, 0) is 77.7 Å². The Morgan fingerprint density at radius 3 is 2.41 bits per heavy atom. The minimum Gasteiger partial charge on any atom is -0.370 e. The lowest BCUT2D eigenvalue weighted by molar-refractivity contribution is -0.119. The van der Waals surface area contributed by atoms with Crippen LogP contribution in [0.5, 0.6) is 0 Å². The molecule has 29 heavy (non-hydrogen) atoms. The van der Waals surface area contributed by atoms with Crippen molar-refractivity contribution in [2.75, 3.05) is 59.9 Å². The standard InChI is InChI=1S/C21H40N6O.HI/c1-23-20(26-10-6-7-18(16-26)15-19(22)28)24-17-21(8-13-25(2)14-9-21)27-11-4-3-5-12-27;/h18H,3-17H2,1-2H3,(H2,22,28)(H,23,24);1H. The summed E-state index contributed by atoms with van der Waals surface area (Å²) in [5, 5.41) is 3.74. The van der Waals surface area contributed by atoms with Crippen LogP contribution in [-0.2, 0) is 4.79 Å². The average molecular weight is 521 g/mol. The van der Waals surface area contributed by atoms with Gasteiger partial charge in [-0.25, -0.2) is 0 Å². The SMILES string of the molecule is CN=C(NCC1(N2CCCCC2)CCN(C)CC1)N1CCCC(CC(N)=O)C1.I. The lowest BCUT2D eigenvalue weighted by atomic mass is 9.84. The molecule has 3 aliphatic heterocycles. The topological polar surface area (TPSA) is 77.2 Å². The number of halogens is 1. The highest BCUT2D eigenvalue weighted by molar-refractivity contribution is 14.0. The van der Waals surface area contributed by atoms with Gasteiger partial charge >= 0.3 is 0 Å². The molecule has 8 heteroatoms. The fourth-order valence-electron chi connectivity index (χ4n) is 5.29. The molecule has 0 radical (unpaired) electrons. The van der Waals surface area contributed by atoms with Crippen LogP contribution in [0.1, 0.15) is 51.4 Å². The van der Waals surface area contributed by atoms with Crippen molar-refractivity contribution >= 4 is 35.8 Å². The number of nitrogens with two attached hydrogens (primary N) is 1. The zero-order chi connectivity index (χ0) is 20.0. The summed E-state index contributed by atoms with van der Waals surface area (Å²) in [5.41, 5.74) is 5.67. The molecule has 1 amide bonds. The molecule has 3 N–H and O–H groups in total. The highest BCUT2D eigenvalue weighted by Crippen LogP contribution is 2.31. The first-order valence-corrected chi connectivity index (χ1v) is 11.2. The van der Waals surface area contributed by atoms with E-state index in [1.807, 2.05) is 7.05 Å². The number of aliphatic imine (C=N–C) groups is 1. The third-order valence-corrected chi connectivity index (χ3v) is 7.04. The van der Waals surface area contributed by atoms with Crippen molar-refractivity contribution in [1.29, 1.82) is 0 Å². The molecular weight excluding hydrogens is 479 g/mol. The fourth-order valence-corrected chi connectivity index (χ4v) is 5.29. The molecule has 0 saturated carbocycles. The summed E-state index contributed by atoms with van der Waals surface area (Å²) >= 11 is 0. The first-order chi connectivity index (χ1) is 13.5. The van der Waals surface area contributed by atoms with Gasteiger partial charge in [0.2, 0.25) is 5.91 Å². The molecule has 1 atom stereocenters. The molecule has 168 valence electrons. The van der Waals surface area contributed by atoms with E-state index < -0.39 is 0 Å². The molecule has 1 unspecified atom stereocenters. The van der Waals surface area contributed by atoms with E-state index in [0.717, 1.165) is 38.4 Å². The minimum absolute atomic E-state index is 0. The Labute approximate surface area is 193 Å². The smallest absolute Gasteiger partial charge is 0.217 e. The number of guanidine groups is 1. The lowest BCUT2D eigenvalue weighted by Crippen LogP contribution is -2.62. The maximum absolute atomic E-state index is 11.3. The summed E-state index contributed by atoms with van der Waals surface area (Å²) in [5.74, 6) is 1.15. The molecule has 0 aromatic carbocycles. The van der Waals surface area contributed by atoms with Crippen LogP contribution in [0.15, 0.2) is 4.99 Å². The molecule has 3 saturated heterocycles. The number of nitrogens with one attached hydrogen (secondary N) is 1. The van der Waals surface area contributed by atoms with Gasteiger partial charge in [-0.3, -0.25) is 14.7 Å². The van der Waals surface area contributed by atoms with E-state index in [9.17, 15) is 4.79 Å². The Morgan fingerprint density at radius 1 is 1.10 bits per heavy atom. The van der Waals surface area contributed by atoms with Gasteiger partial charge in [0.15, 0.2) is 5.96 Å². The van der Waals surface area contributed by atoms with Gasteiger partial charge in [0, 0.05) is 38.6 Å². The van der Waals surface area contributed by atoms with Gasteiger partial charge in [0.1, 0.15) is 0 Å². The number of rotatable bonds is 5. The van der Waals surface area contributed by atoms with Crippen LogP contribution in [0.3, 0.4) is 0 Å². The number of nitrogens with zero attached hydrogens (tertiary/aromatic N) is 4. The molecular formula is C21H41IN6O. The zero-order valence-corrected chi connectivity index (χ0v) is 20.7. The number of carbonyl (C=O) groups excluding carboxylic acids is 1. The van der Waals surface area contributed by atoms with Gasteiger partial charge < -0.3 is 20.9 Å². The summed E-state index contributed by atoms with van der Waals surface area (Å²) in [6.45, 7) is 7.64. The van der Waals surface area contributed by atoms with Crippen LogP contribution in [0.25, 0.3) is 0 Å². The van der Waals surface area contributed by atoms with Crippen molar-refractivity contribution in [1.82, 2.24) is 20.0 Å². The fraction of sp³-hybridized carbons (Fsp3) is 0.905. The molecule has 3 fully saturated rings. The summed E-state index contributed by atoms with van der Waals surface area (Å²) < 4.78 is 0. The number of carbonyl (C=O) groups is 1. The van der Waals surface area contributed by atoms with E-state index in [-0.39, 0.29) is 35.4 Å². The Hall–Kier alpha value is -0.610. The van der Waals surface area contributed by atoms with Crippen molar-refractivity contribution in [2.45, 2.75) is 56.9 Å². The maximum Gasteiger partial charge on any atom is 0.217 e. The highest BCUT2D eigenvalue weighted by Gasteiger charge is 2.40. The molecule has 3 heterocycles. The van der Waals surface area contributed by atoms with E-state index in [1.54, 1.807) is 0 Å².